The quantitative estimate of drug-likeness (QED) is 0.548. The molecule has 0 aliphatic heterocycles. The lowest BCUT2D eigenvalue weighted by Gasteiger charge is -2.27. The summed E-state index contributed by atoms with van der Waals surface area (Å²) in [4.78, 5) is 5.37. The van der Waals surface area contributed by atoms with E-state index in [0.717, 1.165) is 24.1 Å². The van der Waals surface area contributed by atoms with Crippen LogP contribution in [0.5, 0.6) is 0 Å². The van der Waals surface area contributed by atoms with Crippen molar-refractivity contribution in [1.29, 1.82) is 0 Å². The fourth-order valence-electron chi connectivity index (χ4n) is 2.74. The van der Waals surface area contributed by atoms with Gasteiger partial charge in [-0.05, 0) is 44.2 Å². The van der Waals surface area contributed by atoms with E-state index < -0.39 is 5.60 Å². The Kier molecular flexibility index (Phi) is 7.01. The van der Waals surface area contributed by atoms with Crippen molar-refractivity contribution in [2.75, 3.05) is 6.61 Å². The molecule has 0 saturated carbocycles. The van der Waals surface area contributed by atoms with Gasteiger partial charge in [0, 0.05) is 6.42 Å². The van der Waals surface area contributed by atoms with Crippen molar-refractivity contribution in [2.24, 2.45) is 5.16 Å². The first-order valence-corrected chi connectivity index (χ1v) is 8.51. The van der Waals surface area contributed by atoms with E-state index in [1.54, 1.807) is 0 Å². The van der Waals surface area contributed by atoms with Gasteiger partial charge in [0.2, 0.25) is 0 Å². The minimum atomic E-state index is -0.908. The lowest BCUT2D eigenvalue weighted by atomic mass is 9.89. The number of nitrogens with zero attached hydrogens (tertiary/aromatic N) is 1. The fourth-order valence-corrected chi connectivity index (χ4v) is 2.74. The van der Waals surface area contributed by atoms with Crippen LogP contribution in [-0.4, -0.2) is 23.0 Å². The van der Waals surface area contributed by atoms with Gasteiger partial charge in [-0.25, -0.2) is 0 Å². The number of hydrogen-bond donors (Lipinski definition) is 1. The molecule has 0 radical (unpaired) electrons. The van der Waals surface area contributed by atoms with Gasteiger partial charge >= 0.3 is 0 Å². The molecular weight excluding hydrogens is 298 g/mol. The lowest BCUT2D eigenvalue weighted by molar-refractivity contribution is -0.0514. The van der Waals surface area contributed by atoms with E-state index in [1.807, 2.05) is 62.4 Å². The van der Waals surface area contributed by atoms with Crippen LogP contribution in [0.4, 0.5) is 0 Å². The molecular formula is C21H27NO2. The largest absolute Gasteiger partial charge is 0.393 e. The summed E-state index contributed by atoms with van der Waals surface area (Å²) in [6.07, 6.45) is 3.11. The number of aryl methyl sites for hydroxylation is 1. The monoisotopic (exact) mass is 325 g/mol. The molecule has 3 heteroatoms. The molecule has 2 aromatic rings. The Morgan fingerprint density at radius 1 is 0.958 bits per heavy atom. The van der Waals surface area contributed by atoms with Gasteiger partial charge in [0.05, 0.1) is 5.71 Å². The van der Waals surface area contributed by atoms with Crippen LogP contribution in [0.1, 0.15) is 37.8 Å². The average molecular weight is 325 g/mol. The first-order valence-electron chi connectivity index (χ1n) is 8.51. The van der Waals surface area contributed by atoms with Gasteiger partial charge in [0.1, 0.15) is 12.2 Å². The van der Waals surface area contributed by atoms with Crippen molar-refractivity contribution in [2.45, 2.75) is 45.1 Å². The molecule has 0 fully saturated rings. The van der Waals surface area contributed by atoms with Crippen LogP contribution in [0.15, 0.2) is 65.8 Å². The number of hydrogen-bond acceptors (Lipinski definition) is 3. The predicted octanol–water partition coefficient (Wildman–Crippen LogP) is 4.40. The van der Waals surface area contributed by atoms with Gasteiger partial charge in [-0.15, -0.1) is 0 Å². The topological polar surface area (TPSA) is 41.8 Å². The molecule has 1 N–H and O–H groups in total. The van der Waals surface area contributed by atoms with Gasteiger partial charge < -0.3 is 9.94 Å². The maximum absolute atomic E-state index is 11.1. The van der Waals surface area contributed by atoms with Crippen LogP contribution in [-0.2, 0) is 17.7 Å². The van der Waals surface area contributed by atoms with Crippen LogP contribution in [0.3, 0.4) is 0 Å². The van der Waals surface area contributed by atoms with E-state index in [9.17, 15) is 5.11 Å². The predicted molar refractivity (Wildman–Crippen MR) is 99.2 cm³/mol. The van der Waals surface area contributed by atoms with E-state index in [4.69, 9.17) is 4.84 Å². The molecule has 0 amide bonds. The van der Waals surface area contributed by atoms with E-state index in [2.05, 4.69) is 17.3 Å². The van der Waals surface area contributed by atoms with Crippen molar-refractivity contribution in [1.82, 2.24) is 0 Å². The van der Waals surface area contributed by atoms with Gasteiger partial charge in [0.25, 0.3) is 0 Å². The zero-order chi connectivity index (χ0) is 17.3. The normalized spacial score (nSPS) is 13.1. The summed E-state index contributed by atoms with van der Waals surface area (Å²) in [5.74, 6) is 0. The highest BCUT2D eigenvalue weighted by molar-refractivity contribution is 5.78. The highest BCUT2D eigenvalue weighted by Crippen LogP contribution is 2.21. The fraction of sp³-hybridized carbons (Fsp3) is 0.381. The zero-order valence-electron chi connectivity index (χ0n) is 14.6. The minimum absolute atomic E-state index is 0.210. The molecule has 128 valence electrons. The van der Waals surface area contributed by atoms with E-state index >= 15 is 0 Å². The SMILES string of the molecule is CC(C)=NOC[C@](O)(CCCc1ccccc1)Cc1ccccc1. The van der Waals surface area contributed by atoms with Gasteiger partial charge in [-0.3, -0.25) is 0 Å². The Morgan fingerprint density at radius 3 is 2.12 bits per heavy atom. The number of rotatable bonds is 9. The Hall–Kier alpha value is -2.13. The molecule has 0 heterocycles. The Bertz CT molecular complexity index is 621. The van der Waals surface area contributed by atoms with Gasteiger partial charge in [-0.1, -0.05) is 65.8 Å². The summed E-state index contributed by atoms with van der Waals surface area (Å²) in [5.41, 5.74) is 2.35. The lowest BCUT2D eigenvalue weighted by Crippen LogP contribution is -2.36. The molecule has 2 rings (SSSR count). The van der Waals surface area contributed by atoms with Crippen LogP contribution < -0.4 is 0 Å². The molecule has 1 atom stereocenters. The molecule has 0 bridgehead atoms. The van der Waals surface area contributed by atoms with E-state index in [1.165, 1.54) is 5.56 Å². The van der Waals surface area contributed by atoms with Crippen LogP contribution in [0.2, 0.25) is 0 Å². The summed E-state index contributed by atoms with van der Waals surface area (Å²) in [5, 5.41) is 15.0. The van der Waals surface area contributed by atoms with Gasteiger partial charge in [-0.2, -0.15) is 0 Å². The second kappa shape index (κ2) is 9.24. The van der Waals surface area contributed by atoms with Gasteiger partial charge in [0.15, 0.2) is 0 Å². The maximum atomic E-state index is 11.1. The molecule has 24 heavy (non-hydrogen) atoms. The van der Waals surface area contributed by atoms with Crippen LogP contribution in [0.25, 0.3) is 0 Å². The van der Waals surface area contributed by atoms with Crippen LogP contribution >= 0.6 is 0 Å². The Morgan fingerprint density at radius 2 is 1.54 bits per heavy atom. The number of benzene rings is 2. The van der Waals surface area contributed by atoms with Crippen molar-refractivity contribution in [3.05, 3.63) is 71.8 Å². The molecule has 0 saturated heterocycles. The summed E-state index contributed by atoms with van der Waals surface area (Å²) in [6.45, 7) is 3.97. The number of aliphatic hydroxyl groups is 1. The first kappa shape index (κ1) is 18.2. The van der Waals surface area contributed by atoms with Crippen molar-refractivity contribution < 1.29 is 9.94 Å². The minimum Gasteiger partial charge on any atom is -0.393 e. The molecule has 3 nitrogen and oxygen atoms in total. The van der Waals surface area contributed by atoms with Crippen LogP contribution in [0, 0.1) is 0 Å². The molecule has 2 aromatic carbocycles. The van der Waals surface area contributed by atoms with E-state index in [-0.39, 0.29) is 6.61 Å². The summed E-state index contributed by atoms with van der Waals surface area (Å²) in [6, 6.07) is 20.4. The highest BCUT2D eigenvalue weighted by Gasteiger charge is 2.28. The Labute approximate surface area is 145 Å². The zero-order valence-corrected chi connectivity index (χ0v) is 14.6. The third kappa shape index (κ3) is 6.55. The maximum Gasteiger partial charge on any atom is 0.146 e. The highest BCUT2D eigenvalue weighted by atomic mass is 16.6. The summed E-state index contributed by atoms with van der Waals surface area (Å²) < 4.78 is 0. The second-order valence-electron chi connectivity index (χ2n) is 6.54. The third-order valence-electron chi connectivity index (χ3n) is 3.91. The van der Waals surface area contributed by atoms with E-state index in [0.29, 0.717) is 12.8 Å². The second-order valence-corrected chi connectivity index (χ2v) is 6.54. The standard InChI is InChI=1S/C21H27NO2/c1-18(2)22-24-17-21(23,16-20-12-7-4-8-13-20)15-9-14-19-10-5-3-6-11-19/h3-8,10-13,23H,9,14-17H2,1-2H3/t21-/m0/s1. The molecule has 0 aromatic heterocycles. The Balaban J connectivity index is 1.97. The summed E-state index contributed by atoms with van der Waals surface area (Å²) >= 11 is 0. The molecule has 0 unspecified atom stereocenters. The molecule has 0 aliphatic carbocycles. The summed E-state index contributed by atoms with van der Waals surface area (Å²) in [7, 11) is 0. The van der Waals surface area contributed by atoms with Crippen molar-refractivity contribution in [3.8, 4) is 0 Å². The van der Waals surface area contributed by atoms with Crippen molar-refractivity contribution in [3.63, 3.8) is 0 Å². The average Bonchev–Trinajstić information content (AvgIpc) is 2.56. The first-order chi connectivity index (χ1) is 11.6. The van der Waals surface area contributed by atoms with Crippen molar-refractivity contribution >= 4 is 5.71 Å². The molecule has 0 aliphatic rings. The molecule has 0 spiro atoms. The smallest absolute Gasteiger partial charge is 0.146 e. The third-order valence-corrected chi connectivity index (χ3v) is 3.91. The number of oxime groups is 1.